The fourth-order valence-corrected chi connectivity index (χ4v) is 3.46. The standard InChI is InChI=1S/C18H28N2O5/c1-11(2)6-16-12(3)20(13-4-5-23-10-13)19-18(16)25-17-8-14(22)7-15(9-21)24-17/h13-15,17,21-22H,1,4-10H2,2-3H3. The average Bonchev–Trinajstić information content (AvgIpc) is 3.17. The van der Waals surface area contributed by atoms with E-state index >= 15 is 0 Å². The summed E-state index contributed by atoms with van der Waals surface area (Å²) in [6.07, 6.45) is 0.806. The summed E-state index contributed by atoms with van der Waals surface area (Å²) in [6.45, 7) is 9.27. The van der Waals surface area contributed by atoms with Gasteiger partial charge in [0.1, 0.15) is 0 Å². The van der Waals surface area contributed by atoms with Gasteiger partial charge in [-0.2, -0.15) is 0 Å². The van der Waals surface area contributed by atoms with Crippen molar-refractivity contribution < 1.29 is 24.4 Å². The summed E-state index contributed by atoms with van der Waals surface area (Å²) in [5, 5.41) is 24.0. The number of aliphatic hydroxyl groups excluding tert-OH is 2. The predicted octanol–water partition coefficient (Wildman–Crippen LogP) is 1.51. The first-order chi connectivity index (χ1) is 12.0. The maximum absolute atomic E-state index is 9.98. The molecule has 25 heavy (non-hydrogen) atoms. The van der Waals surface area contributed by atoms with Crippen LogP contribution in [-0.4, -0.2) is 58.3 Å². The van der Waals surface area contributed by atoms with Crippen LogP contribution in [0.25, 0.3) is 0 Å². The minimum atomic E-state index is -0.618. The van der Waals surface area contributed by atoms with Crippen molar-refractivity contribution in [3.63, 3.8) is 0 Å². The van der Waals surface area contributed by atoms with Gasteiger partial charge in [-0.15, -0.1) is 5.10 Å². The van der Waals surface area contributed by atoms with Crippen molar-refractivity contribution in [2.75, 3.05) is 19.8 Å². The van der Waals surface area contributed by atoms with Gasteiger partial charge in [0.2, 0.25) is 12.2 Å². The zero-order chi connectivity index (χ0) is 18.0. The summed E-state index contributed by atoms with van der Waals surface area (Å²) < 4.78 is 19.2. The zero-order valence-corrected chi connectivity index (χ0v) is 15.0. The Kier molecular flexibility index (Phi) is 5.78. The number of hydrogen-bond donors (Lipinski definition) is 2. The van der Waals surface area contributed by atoms with E-state index in [1.807, 2.05) is 18.5 Å². The highest BCUT2D eigenvalue weighted by molar-refractivity contribution is 5.34. The van der Waals surface area contributed by atoms with Crippen molar-refractivity contribution in [2.24, 2.45) is 0 Å². The highest BCUT2D eigenvalue weighted by Gasteiger charge is 2.32. The van der Waals surface area contributed by atoms with Crippen molar-refractivity contribution in [3.8, 4) is 5.88 Å². The summed E-state index contributed by atoms with van der Waals surface area (Å²) in [7, 11) is 0. The molecule has 7 heteroatoms. The first-order valence-corrected chi connectivity index (χ1v) is 8.89. The molecular formula is C18H28N2O5. The van der Waals surface area contributed by atoms with Crippen molar-refractivity contribution in [1.29, 1.82) is 0 Å². The molecule has 0 bridgehead atoms. The molecule has 2 saturated heterocycles. The van der Waals surface area contributed by atoms with E-state index in [1.54, 1.807) is 0 Å². The number of nitrogens with zero attached hydrogens (tertiary/aromatic N) is 2. The zero-order valence-electron chi connectivity index (χ0n) is 15.0. The molecule has 0 radical (unpaired) electrons. The van der Waals surface area contributed by atoms with Gasteiger partial charge in [0, 0.05) is 30.7 Å². The topological polar surface area (TPSA) is 86.0 Å². The third-order valence-electron chi connectivity index (χ3n) is 4.76. The maximum Gasteiger partial charge on any atom is 0.238 e. The Labute approximate surface area is 148 Å². The summed E-state index contributed by atoms with van der Waals surface area (Å²) >= 11 is 0. The molecule has 2 fully saturated rings. The molecule has 0 spiro atoms. The molecule has 0 aliphatic carbocycles. The summed E-state index contributed by atoms with van der Waals surface area (Å²) in [5.74, 6) is 0.517. The van der Waals surface area contributed by atoms with E-state index in [1.165, 1.54) is 0 Å². The van der Waals surface area contributed by atoms with E-state index in [2.05, 4.69) is 11.7 Å². The lowest BCUT2D eigenvalue weighted by Gasteiger charge is -2.31. The van der Waals surface area contributed by atoms with Gasteiger partial charge in [-0.25, -0.2) is 0 Å². The minimum Gasteiger partial charge on any atom is -0.446 e. The fourth-order valence-electron chi connectivity index (χ4n) is 3.46. The molecule has 1 aromatic rings. The first kappa shape index (κ1) is 18.4. The second-order valence-electron chi connectivity index (χ2n) is 7.08. The van der Waals surface area contributed by atoms with E-state index in [0.717, 1.165) is 29.9 Å². The summed E-state index contributed by atoms with van der Waals surface area (Å²) in [5.41, 5.74) is 3.06. The third-order valence-corrected chi connectivity index (χ3v) is 4.76. The van der Waals surface area contributed by atoms with Crippen molar-refractivity contribution in [3.05, 3.63) is 23.4 Å². The van der Waals surface area contributed by atoms with E-state index in [0.29, 0.717) is 31.7 Å². The monoisotopic (exact) mass is 352 g/mol. The highest BCUT2D eigenvalue weighted by atomic mass is 16.7. The van der Waals surface area contributed by atoms with Crippen molar-refractivity contribution in [1.82, 2.24) is 9.78 Å². The van der Waals surface area contributed by atoms with Gasteiger partial charge in [-0.1, -0.05) is 12.2 Å². The Balaban J connectivity index is 1.83. The molecule has 2 aliphatic rings. The Hall–Kier alpha value is -1.41. The van der Waals surface area contributed by atoms with Crippen LogP contribution in [0, 0.1) is 6.92 Å². The Morgan fingerprint density at radius 2 is 2.24 bits per heavy atom. The molecular weight excluding hydrogens is 324 g/mol. The van der Waals surface area contributed by atoms with Crippen LogP contribution in [-0.2, 0) is 15.9 Å². The second kappa shape index (κ2) is 7.86. The van der Waals surface area contributed by atoms with Gasteiger partial charge in [-0.3, -0.25) is 4.68 Å². The number of hydrogen-bond acceptors (Lipinski definition) is 6. The number of allylic oxidation sites excluding steroid dienone is 1. The van der Waals surface area contributed by atoms with E-state index in [-0.39, 0.29) is 12.6 Å². The lowest BCUT2D eigenvalue weighted by atomic mass is 10.1. The molecule has 2 N–H and O–H groups in total. The number of aliphatic hydroxyl groups is 2. The quantitative estimate of drug-likeness (QED) is 0.755. The molecule has 3 rings (SSSR count). The third kappa shape index (κ3) is 4.23. The molecule has 4 unspecified atom stereocenters. The minimum absolute atomic E-state index is 0.136. The van der Waals surface area contributed by atoms with Crippen LogP contribution in [0.3, 0.4) is 0 Å². The highest BCUT2D eigenvalue weighted by Crippen LogP contribution is 2.31. The number of aromatic nitrogens is 2. The molecule has 4 atom stereocenters. The van der Waals surface area contributed by atoms with Crippen molar-refractivity contribution in [2.45, 2.75) is 64.1 Å². The van der Waals surface area contributed by atoms with Crippen LogP contribution < -0.4 is 4.74 Å². The first-order valence-electron chi connectivity index (χ1n) is 8.89. The molecule has 140 valence electrons. The Morgan fingerprint density at radius 1 is 1.44 bits per heavy atom. The molecule has 0 saturated carbocycles. The fraction of sp³-hybridized carbons (Fsp3) is 0.722. The maximum atomic E-state index is 9.98. The normalized spacial score (nSPS) is 29.8. The van der Waals surface area contributed by atoms with Crippen LogP contribution in [0.2, 0.25) is 0 Å². The predicted molar refractivity (Wildman–Crippen MR) is 91.6 cm³/mol. The van der Waals surface area contributed by atoms with E-state index in [9.17, 15) is 10.2 Å². The smallest absolute Gasteiger partial charge is 0.238 e. The summed E-state index contributed by atoms with van der Waals surface area (Å²) in [6, 6.07) is 0.212. The van der Waals surface area contributed by atoms with Crippen LogP contribution in [0.4, 0.5) is 0 Å². The average molecular weight is 352 g/mol. The van der Waals surface area contributed by atoms with Crippen molar-refractivity contribution >= 4 is 0 Å². The van der Waals surface area contributed by atoms with Gasteiger partial charge >= 0.3 is 0 Å². The molecule has 3 heterocycles. The van der Waals surface area contributed by atoms with Crippen LogP contribution in [0.5, 0.6) is 5.88 Å². The number of ether oxygens (including phenoxy) is 3. The van der Waals surface area contributed by atoms with E-state index < -0.39 is 18.5 Å². The Morgan fingerprint density at radius 3 is 2.88 bits per heavy atom. The van der Waals surface area contributed by atoms with Gasteiger partial charge in [-0.05, 0) is 26.7 Å². The largest absolute Gasteiger partial charge is 0.446 e. The lowest BCUT2D eigenvalue weighted by Crippen LogP contribution is -2.40. The molecule has 0 aromatic carbocycles. The van der Waals surface area contributed by atoms with Gasteiger partial charge in [0.05, 0.1) is 31.5 Å². The van der Waals surface area contributed by atoms with Gasteiger partial charge in [0.25, 0.3) is 0 Å². The second-order valence-corrected chi connectivity index (χ2v) is 7.08. The number of rotatable bonds is 6. The van der Waals surface area contributed by atoms with Gasteiger partial charge in [0.15, 0.2) is 0 Å². The SMILES string of the molecule is C=C(C)Cc1c(OC2CC(O)CC(CO)O2)nn(C2CCOC2)c1C. The van der Waals surface area contributed by atoms with Gasteiger partial charge < -0.3 is 24.4 Å². The lowest BCUT2D eigenvalue weighted by molar-refractivity contribution is -0.186. The van der Waals surface area contributed by atoms with E-state index in [4.69, 9.17) is 14.2 Å². The van der Waals surface area contributed by atoms with Crippen LogP contribution in [0.1, 0.15) is 43.5 Å². The Bertz CT molecular complexity index is 609. The summed E-state index contributed by atoms with van der Waals surface area (Å²) in [4.78, 5) is 0. The van der Waals surface area contributed by atoms with Crippen LogP contribution in [0.15, 0.2) is 12.2 Å². The molecule has 2 aliphatic heterocycles. The molecule has 1 aromatic heterocycles. The molecule has 0 amide bonds. The van der Waals surface area contributed by atoms with Crippen LogP contribution >= 0.6 is 0 Å². The molecule has 7 nitrogen and oxygen atoms in total.